The Morgan fingerprint density at radius 1 is 1.40 bits per heavy atom. The van der Waals surface area contributed by atoms with E-state index in [0.717, 1.165) is 5.56 Å². The van der Waals surface area contributed by atoms with Crippen molar-refractivity contribution in [3.63, 3.8) is 0 Å². The molecule has 5 heteroatoms. The van der Waals surface area contributed by atoms with Crippen molar-refractivity contribution in [2.75, 3.05) is 0 Å². The quantitative estimate of drug-likeness (QED) is 0.600. The van der Waals surface area contributed by atoms with Gasteiger partial charge < -0.3 is 10.2 Å². The molecular formula is C10H8N2O3. The lowest BCUT2D eigenvalue weighted by molar-refractivity contribution is -0.383. The molecule has 0 radical (unpaired) electrons. The maximum Gasteiger partial charge on any atom is 0.280 e. The number of hydrogen-bond acceptors (Lipinski definition) is 4. The topological polar surface area (TPSA) is 82.3 Å². The summed E-state index contributed by atoms with van der Waals surface area (Å²) >= 11 is 0. The van der Waals surface area contributed by atoms with Crippen LogP contribution in [0.15, 0.2) is 35.1 Å². The van der Waals surface area contributed by atoms with E-state index in [1.807, 2.05) is 0 Å². The summed E-state index contributed by atoms with van der Waals surface area (Å²) in [5.41, 5.74) is 6.50. The minimum atomic E-state index is -0.437. The first kappa shape index (κ1) is 9.26. The van der Waals surface area contributed by atoms with Crippen LogP contribution in [0.4, 0.5) is 5.69 Å². The lowest BCUT2D eigenvalue weighted by Gasteiger charge is -1.96. The standard InChI is InChI=1S/C10H8N2O3/c11-5-3-7-1-2-9(12(13)14)8-4-6-15-10(7)8/h1-6H,11H2. The Balaban J connectivity index is 2.76. The van der Waals surface area contributed by atoms with Crippen LogP contribution in [-0.2, 0) is 0 Å². The van der Waals surface area contributed by atoms with Gasteiger partial charge in [-0.05, 0) is 24.4 Å². The molecule has 0 aliphatic rings. The number of non-ortho nitro benzene ring substituents is 1. The van der Waals surface area contributed by atoms with Gasteiger partial charge in [-0.3, -0.25) is 10.1 Å². The third kappa shape index (κ3) is 1.43. The molecule has 5 nitrogen and oxygen atoms in total. The van der Waals surface area contributed by atoms with Crippen molar-refractivity contribution in [3.8, 4) is 0 Å². The number of nitro groups is 1. The van der Waals surface area contributed by atoms with Crippen LogP contribution in [0.5, 0.6) is 0 Å². The van der Waals surface area contributed by atoms with Gasteiger partial charge >= 0.3 is 0 Å². The van der Waals surface area contributed by atoms with Crippen molar-refractivity contribution in [2.45, 2.75) is 0 Å². The predicted octanol–water partition coefficient (Wildman–Crippen LogP) is 2.27. The molecule has 2 rings (SSSR count). The Labute approximate surface area is 84.9 Å². The van der Waals surface area contributed by atoms with Gasteiger partial charge in [-0.15, -0.1) is 0 Å². The van der Waals surface area contributed by atoms with Gasteiger partial charge in [0.1, 0.15) is 5.58 Å². The zero-order valence-corrected chi connectivity index (χ0v) is 7.71. The fourth-order valence-electron chi connectivity index (χ4n) is 1.46. The lowest BCUT2D eigenvalue weighted by Crippen LogP contribution is -1.89. The van der Waals surface area contributed by atoms with E-state index in [1.165, 1.54) is 18.5 Å². The average Bonchev–Trinajstić information content (AvgIpc) is 2.66. The number of fused-ring (bicyclic) bond motifs is 1. The normalized spacial score (nSPS) is 11.2. The van der Waals surface area contributed by atoms with E-state index >= 15 is 0 Å². The third-order valence-corrected chi connectivity index (χ3v) is 2.10. The van der Waals surface area contributed by atoms with Crippen molar-refractivity contribution in [1.29, 1.82) is 0 Å². The molecule has 0 atom stereocenters. The zero-order valence-electron chi connectivity index (χ0n) is 7.71. The van der Waals surface area contributed by atoms with Crippen LogP contribution >= 0.6 is 0 Å². The van der Waals surface area contributed by atoms with Crippen LogP contribution in [0.2, 0.25) is 0 Å². The van der Waals surface area contributed by atoms with Crippen LogP contribution in [-0.4, -0.2) is 4.92 Å². The van der Waals surface area contributed by atoms with Gasteiger partial charge in [0.25, 0.3) is 5.69 Å². The first-order valence-electron chi connectivity index (χ1n) is 4.27. The van der Waals surface area contributed by atoms with Crippen LogP contribution in [0.1, 0.15) is 5.56 Å². The molecule has 0 aliphatic carbocycles. The summed E-state index contributed by atoms with van der Waals surface area (Å²) in [6, 6.07) is 4.61. The number of benzene rings is 1. The first-order valence-corrected chi connectivity index (χ1v) is 4.27. The maximum absolute atomic E-state index is 10.7. The van der Waals surface area contributed by atoms with Gasteiger partial charge in [0.2, 0.25) is 0 Å². The molecule has 2 N–H and O–H groups in total. The van der Waals surface area contributed by atoms with E-state index in [4.69, 9.17) is 10.2 Å². The molecule has 0 unspecified atom stereocenters. The lowest BCUT2D eigenvalue weighted by atomic mass is 10.1. The molecule has 2 aromatic rings. The molecule has 76 valence electrons. The number of furan rings is 1. The van der Waals surface area contributed by atoms with Crippen molar-refractivity contribution < 1.29 is 9.34 Å². The van der Waals surface area contributed by atoms with Crippen molar-refractivity contribution in [2.24, 2.45) is 5.73 Å². The molecule has 0 saturated carbocycles. The summed E-state index contributed by atoms with van der Waals surface area (Å²) in [7, 11) is 0. The van der Waals surface area contributed by atoms with Crippen molar-refractivity contribution >= 4 is 22.7 Å². The number of nitrogens with zero attached hydrogens (tertiary/aromatic N) is 1. The Hall–Kier alpha value is -2.30. The van der Waals surface area contributed by atoms with Gasteiger partial charge in [-0.25, -0.2) is 0 Å². The molecule has 1 heterocycles. The summed E-state index contributed by atoms with van der Waals surface area (Å²) < 4.78 is 5.18. The Morgan fingerprint density at radius 3 is 2.87 bits per heavy atom. The number of hydrogen-bond donors (Lipinski definition) is 1. The zero-order chi connectivity index (χ0) is 10.8. The molecule has 0 aliphatic heterocycles. The highest BCUT2D eigenvalue weighted by atomic mass is 16.6. The number of rotatable bonds is 2. The SMILES string of the molecule is NC=Cc1ccc([N+](=O)[O-])c2ccoc12. The number of nitro benzene ring substituents is 1. The Kier molecular flexibility index (Phi) is 2.13. The molecule has 0 fully saturated rings. The highest BCUT2D eigenvalue weighted by Crippen LogP contribution is 2.29. The molecule has 1 aromatic carbocycles. The second kappa shape index (κ2) is 3.45. The molecule has 0 amide bonds. The van der Waals surface area contributed by atoms with Gasteiger partial charge in [0, 0.05) is 11.6 Å². The van der Waals surface area contributed by atoms with Crippen LogP contribution < -0.4 is 5.73 Å². The second-order valence-electron chi connectivity index (χ2n) is 2.95. The summed E-state index contributed by atoms with van der Waals surface area (Å²) in [6.45, 7) is 0. The predicted molar refractivity (Wildman–Crippen MR) is 56.1 cm³/mol. The third-order valence-electron chi connectivity index (χ3n) is 2.10. The second-order valence-corrected chi connectivity index (χ2v) is 2.95. The minimum absolute atomic E-state index is 0.0351. The molecular weight excluding hydrogens is 196 g/mol. The summed E-state index contributed by atoms with van der Waals surface area (Å²) in [5, 5.41) is 11.2. The van der Waals surface area contributed by atoms with Crippen molar-refractivity contribution in [1.82, 2.24) is 0 Å². The van der Waals surface area contributed by atoms with E-state index in [0.29, 0.717) is 11.0 Å². The monoisotopic (exact) mass is 204 g/mol. The van der Waals surface area contributed by atoms with Gasteiger partial charge in [-0.2, -0.15) is 0 Å². The molecule has 0 bridgehead atoms. The van der Waals surface area contributed by atoms with E-state index in [1.54, 1.807) is 18.2 Å². The molecule has 1 aromatic heterocycles. The van der Waals surface area contributed by atoms with Gasteiger partial charge in [-0.1, -0.05) is 0 Å². The van der Waals surface area contributed by atoms with E-state index < -0.39 is 4.92 Å². The van der Waals surface area contributed by atoms with Crippen LogP contribution in [0.25, 0.3) is 17.0 Å². The molecule has 0 spiro atoms. The smallest absolute Gasteiger partial charge is 0.280 e. The van der Waals surface area contributed by atoms with Gasteiger partial charge in [0.05, 0.1) is 16.6 Å². The van der Waals surface area contributed by atoms with Gasteiger partial charge in [0.15, 0.2) is 0 Å². The summed E-state index contributed by atoms with van der Waals surface area (Å²) in [4.78, 5) is 10.3. The van der Waals surface area contributed by atoms with Crippen LogP contribution in [0, 0.1) is 10.1 Å². The minimum Gasteiger partial charge on any atom is -0.463 e. The largest absolute Gasteiger partial charge is 0.463 e. The maximum atomic E-state index is 10.7. The summed E-state index contributed by atoms with van der Waals surface area (Å²) in [6.07, 6.45) is 4.42. The highest BCUT2D eigenvalue weighted by molar-refractivity contribution is 5.92. The Bertz CT molecular complexity index is 543. The summed E-state index contributed by atoms with van der Waals surface area (Å²) in [5.74, 6) is 0. The van der Waals surface area contributed by atoms with Crippen molar-refractivity contribution in [3.05, 3.63) is 46.3 Å². The highest BCUT2D eigenvalue weighted by Gasteiger charge is 2.15. The van der Waals surface area contributed by atoms with E-state index in [-0.39, 0.29) is 5.69 Å². The first-order chi connectivity index (χ1) is 7.24. The molecule has 15 heavy (non-hydrogen) atoms. The van der Waals surface area contributed by atoms with E-state index in [9.17, 15) is 10.1 Å². The van der Waals surface area contributed by atoms with E-state index in [2.05, 4.69) is 0 Å². The Morgan fingerprint density at radius 2 is 2.20 bits per heavy atom. The fraction of sp³-hybridized carbons (Fsp3) is 0. The average molecular weight is 204 g/mol. The number of nitrogens with two attached hydrogens (primary N) is 1. The molecule has 0 saturated heterocycles. The van der Waals surface area contributed by atoms with Crippen LogP contribution in [0.3, 0.4) is 0 Å². The fourth-order valence-corrected chi connectivity index (χ4v) is 1.46.